The van der Waals surface area contributed by atoms with E-state index < -0.39 is 0 Å². The van der Waals surface area contributed by atoms with Gasteiger partial charge in [-0.25, -0.2) is 0 Å². The highest BCUT2D eigenvalue weighted by atomic mass is 16.2. The van der Waals surface area contributed by atoms with E-state index in [1.807, 2.05) is 65.6 Å². The second kappa shape index (κ2) is 11.3. The Labute approximate surface area is 212 Å². The maximum absolute atomic E-state index is 13.2. The van der Waals surface area contributed by atoms with Crippen LogP contribution in [0.4, 0.5) is 5.82 Å². The summed E-state index contributed by atoms with van der Waals surface area (Å²) in [6.45, 7) is 3.37. The summed E-state index contributed by atoms with van der Waals surface area (Å²) < 4.78 is 0. The number of hydrogen-bond acceptors (Lipinski definition) is 5. The third-order valence-electron chi connectivity index (χ3n) is 7.28. The van der Waals surface area contributed by atoms with Crippen molar-refractivity contribution in [3.63, 3.8) is 0 Å². The van der Waals surface area contributed by atoms with Gasteiger partial charge in [-0.15, -0.1) is 10.2 Å². The van der Waals surface area contributed by atoms with Crippen LogP contribution in [-0.4, -0.2) is 71.1 Å². The molecule has 1 aliphatic heterocycles. The number of nitrogens with zero attached hydrogens (tertiary/aromatic N) is 5. The summed E-state index contributed by atoms with van der Waals surface area (Å²) in [7, 11) is 0. The first kappa shape index (κ1) is 24.0. The molecule has 0 radical (unpaired) electrons. The minimum Gasteiger partial charge on any atom is -0.352 e. The van der Waals surface area contributed by atoms with Crippen LogP contribution < -0.4 is 4.90 Å². The molecule has 0 N–H and O–H groups in total. The first-order valence-corrected chi connectivity index (χ1v) is 12.9. The minimum atomic E-state index is 0.0286. The van der Waals surface area contributed by atoms with Crippen LogP contribution in [0.25, 0.3) is 11.3 Å². The highest BCUT2D eigenvalue weighted by molar-refractivity contribution is 5.86. The van der Waals surface area contributed by atoms with Gasteiger partial charge in [0.1, 0.15) is 0 Å². The number of aromatic nitrogens is 2. The molecule has 2 aromatic carbocycles. The largest absolute Gasteiger partial charge is 0.352 e. The Morgan fingerprint density at radius 3 is 2.14 bits per heavy atom. The van der Waals surface area contributed by atoms with Gasteiger partial charge in [0.2, 0.25) is 11.8 Å². The first-order valence-electron chi connectivity index (χ1n) is 12.9. The van der Waals surface area contributed by atoms with E-state index in [2.05, 4.69) is 27.2 Å². The summed E-state index contributed by atoms with van der Waals surface area (Å²) in [6, 6.07) is 24.2. The molecule has 2 amide bonds. The second-order valence-corrected chi connectivity index (χ2v) is 9.63. The maximum Gasteiger partial charge on any atom is 0.242 e. The molecule has 7 nitrogen and oxygen atoms in total. The molecular formula is C29H33N5O2. The lowest BCUT2D eigenvalue weighted by Crippen LogP contribution is -2.53. The van der Waals surface area contributed by atoms with Crippen molar-refractivity contribution in [2.45, 2.75) is 25.7 Å². The standard InChI is InChI=1S/C29H33N5O2/c35-28(22-34(29(36)25-12-7-13-25)17-16-23-8-3-1-4-9-23)33-20-18-32(19-21-33)27-15-14-26(30-31-27)24-10-5-2-6-11-24/h1-6,8-11,14-15,25H,7,12-13,16-22H2. The Hall–Kier alpha value is -3.74. The molecule has 2 aliphatic rings. The minimum absolute atomic E-state index is 0.0286. The van der Waals surface area contributed by atoms with E-state index >= 15 is 0 Å². The molecule has 2 fully saturated rings. The van der Waals surface area contributed by atoms with Gasteiger partial charge in [0.15, 0.2) is 5.82 Å². The zero-order chi connectivity index (χ0) is 24.7. The number of benzene rings is 2. The number of carbonyl (C=O) groups is 2. The van der Waals surface area contributed by atoms with Gasteiger partial charge in [-0.2, -0.15) is 0 Å². The fourth-order valence-electron chi connectivity index (χ4n) is 4.79. The Morgan fingerprint density at radius 1 is 0.833 bits per heavy atom. The fraction of sp³-hybridized carbons (Fsp3) is 0.379. The molecule has 1 aromatic heterocycles. The van der Waals surface area contributed by atoms with Crippen molar-refractivity contribution in [3.05, 3.63) is 78.4 Å². The van der Waals surface area contributed by atoms with E-state index in [1.54, 1.807) is 4.90 Å². The summed E-state index contributed by atoms with van der Waals surface area (Å²) >= 11 is 0. The lowest BCUT2D eigenvalue weighted by molar-refractivity contribution is -0.144. The smallest absolute Gasteiger partial charge is 0.242 e. The van der Waals surface area contributed by atoms with Crippen LogP contribution in [0.15, 0.2) is 72.8 Å². The number of amides is 2. The van der Waals surface area contributed by atoms with Crippen LogP contribution in [-0.2, 0) is 16.0 Å². The Bertz CT molecular complexity index is 1140. The molecule has 0 bridgehead atoms. The van der Waals surface area contributed by atoms with Gasteiger partial charge in [-0.1, -0.05) is 67.1 Å². The van der Waals surface area contributed by atoms with Gasteiger partial charge in [-0.3, -0.25) is 9.59 Å². The summed E-state index contributed by atoms with van der Waals surface area (Å²) in [5.74, 6) is 1.08. The zero-order valence-electron chi connectivity index (χ0n) is 20.6. The second-order valence-electron chi connectivity index (χ2n) is 9.63. The van der Waals surface area contributed by atoms with Gasteiger partial charge in [0, 0.05) is 44.2 Å². The van der Waals surface area contributed by atoms with Gasteiger partial charge >= 0.3 is 0 Å². The molecule has 5 rings (SSSR count). The van der Waals surface area contributed by atoms with Crippen LogP contribution in [0.1, 0.15) is 24.8 Å². The van der Waals surface area contributed by atoms with E-state index in [4.69, 9.17) is 0 Å². The number of carbonyl (C=O) groups excluding carboxylic acids is 2. The molecular weight excluding hydrogens is 450 g/mol. The van der Waals surface area contributed by atoms with Gasteiger partial charge < -0.3 is 14.7 Å². The van der Waals surface area contributed by atoms with Crippen LogP contribution in [0.5, 0.6) is 0 Å². The van der Waals surface area contributed by atoms with Crippen LogP contribution in [0.3, 0.4) is 0 Å². The van der Waals surface area contributed by atoms with Gasteiger partial charge in [-0.05, 0) is 37.0 Å². The third-order valence-corrected chi connectivity index (χ3v) is 7.28. The summed E-state index contributed by atoms with van der Waals surface area (Å²) in [5, 5.41) is 8.82. The van der Waals surface area contributed by atoms with Crippen molar-refractivity contribution < 1.29 is 9.59 Å². The molecule has 0 unspecified atom stereocenters. The van der Waals surface area contributed by atoms with Crippen molar-refractivity contribution in [1.29, 1.82) is 0 Å². The highest BCUT2D eigenvalue weighted by Gasteiger charge is 2.32. The molecule has 7 heteroatoms. The van der Waals surface area contributed by atoms with Crippen LogP contribution >= 0.6 is 0 Å². The van der Waals surface area contributed by atoms with E-state index in [0.717, 1.165) is 42.8 Å². The molecule has 1 saturated carbocycles. The predicted octanol–water partition coefficient (Wildman–Crippen LogP) is 3.66. The van der Waals surface area contributed by atoms with E-state index in [0.29, 0.717) is 32.7 Å². The van der Waals surface area contributed by atoms with E-state index in [9.17, 15) is 9.59 Å². The quantitative estimate of drug-likeness (QED) is 0.489. The number of hydrogen-bond donors (Lipinski definition) is 0. The first-order chi connectivity index (χ1) is 17.7. The maximum atomic E-state index is 13.2. The highest BCUT2D eigenvalue weighted by Crippen LogP contribution is 2.28. The molecule has 186 valence electrons. The SMILES string of the molecule is O=C(CN(CCc1ccccc1)C(=O)C1CCC1)N1CCN(c2ccc(-c3ccccc3)nn2)CC1. The lowest BCUT2D eigenvalue weighted by atomic mass is 9.84. The molecule has 3 aromatic rings. The van der Waals surface area contributed by atoms with Crippen molar-refractivity contribution in [1.82, 2.24) is 20.0 Å². The summed E-state index contributed by atoms with van der Waals surface area (Å²) in [4.78, 5) is 32.1. The average molecular weight is 484 g/mol. The van der Waals surface area contributed by atoms with Gasteiger partial charge in [0.05, 0.1) is 12.2 Å². The lowest BCUT2D eigenvalue weighted by Gasteiger charge is -2.37. The normalized spacial score (nSPS) is 15.9. The molecule has 36 heavy (non-hydrogen) atoms. The fourth-order valence-corrected chi connectivity index (χ4v) is 4.79. The Kier molecular flexibility index (Phi) is 7.55. The summed E-state index contributed by atoms with van der Waals surface area (Å²) in [6.07, 6.45) is 3.75. The average Bonchev–Trinajstić information content (AvgIpc) is 2.91. The van der Waals surface area contributed by atoms with Crippen molar-refractivity contribution >= 4 is 17.6 Å². The summed E-state index contributed by atoms with van der Waals surface area (Å²) in [5.41, 5.74) is 3.07. The third kappa shape index (κ3) is 5.73. The Balaban J connectivity index is 1.16. The van der Waals surface area contributed by atoms with Crippen molar-refractivity contribution in [2.75, 3.05) is 44.2 Å². The molecule has 0 atom stereocenters. The zero-order valence-corrected chi connectivity index (χ0v) is 20.6. The Morgan fingerprint density at radius 2 is 1.53 bits per heavy atom. The topological polar surface area (TPSA) is 69.6 Å². The number of rotatable bonds is 8. The molecule has 0 spiro atoms. The van der Waals surface area contributed by atoms with Crippen LogP contribution in [0.2, 0.25) is 0 Å². The molecule has 2 heterocycles. The van der Waals surface area contributed by atoms with Crippen LogP contribution in [0, 0.1) is 5.92 Å². The number of piperazine rings is 1. The van der Waals surface area contributed by atoms with E-state index in [1.165, 1.54) is 5.56 Å². The van der Waals surface area contributed by atoms with Crippen molar-refractivity contribution in [2.24, 2.45) is 5.92 Å². The monoisotopic (exact) mass is 483 g/mol. The number of anilines is 1. The predicted molar refractivity (Wildman–Crippen MR) is 140 cm³/mol. The molecule has 1 saturated heterocycles. The van der Waals surface area contributed by atoms with Gasteiger partial charge in [0.25, 0.3) is 0 Å². The van der Waals surface area contributed by atoms with E-state index in [-0.39, 0.29) is 24.3 Å². The molecule has 1 aliphatic carbocycles. The van der Waals surface area contributed by atoms with Crippen molar-refractivity contribution in [3.8, 4) is 11.3 Å².